The van der Waals surface area contributed by atoms with E-state index < -0.39 is 18.0 Å². The first-order valence-corrected chi connectivity index (χ1v) is 13.1. The van der Waals surface area contributed by atoms with Crippen LogP contribution in [0.25, 0.3) is 16.6 Å². The number of rotatable bonds is 5. The summed E-state index contributed by atoms with van der Waals surface area (Å²) in [7, 11) is 0. The Morgan fingerprint density at radius 3 is 2.47 bits per heavy atom. The summed E-state index contributed by atoms with van der Waals surface area (Å²) in [4.78, 5) is 33.4. The molecule has 0 unspecified atom stereocenters. The predicted molar refractivity (Wildman–Crippen MR) is 145 cm³/mol. The van der Waals surface area contributed by atoms with Crippen LogP contribution >= 0.6 is 11.3 Å². The molecule has 9 heteroatoms. The minimum absolute atomic E-state index is 0.0737. The first kappa shape index (κ1) is 24.0. The van der Waals surface area contributed by atoms with Gasteiger partial charge in [-0.2, -0.15) is 5.10 Å². The molecule has 190 valence electrons. The number of carbonyl (C=O) groups excluding carboxylic acids is 2. The van der Waals surface area contributed by atoms with Gasteiger partial charge in [-0.05, 0) is 55.0 Å². The van der Waals surface area contributed by atoms with Crippen LogP contribution in [-0.4, -0.2) is 32.6 Å². The summed E-state index contributed by atoms with van der Waals surface area (Å²) in [5, 5.41) is 8.47. The summed E-state index contributed by atoms with van der Waals surface area (Å²) in [5.74, 6) is -1.06. The van der Waals surface area contributed by atoms with Crippen LogP contribution in [0.3, 0.4) is 0 Å². The second-order valence-electron chi connectivity index (χ2n) is 9.39. The van der Waals surface area contributed by atoms with E-state index in [0.29, 0.717) is 16.3 Å². The number of fused-ring (bicyclic) bond motifs is 1. The molecule has 3 atom stereocenters. The number of nitrogens with zero attached hydrogens (tertiary/aromatic N) is 4. The van der Waals surface area contributed by atoms with E-state index in [9.17, 15) is 14.0 Å². The van der Waals surface area contributed by atoms with Crippen molar-refractivity contribution < 1.29 is 14.0 Å². The van der Waals surface area contributed by atoms with E-state index in [1.165, 1.54) is 23.5 Å². The topological polar surface area (TPSA) is 80.1 Å². The van der Waals surface area contributed by atoms with Gasteiger partial charge < -0.3 is 10.2 Å². The van der Waals surface area contributed by atoms with Gasteiger partial charge in [-0.25, -0.2) is 14.1 Å². The van der Waals surface area contributed by atoms with Gasteiger partial charge >= 0.3 is 0 Å². The first-order valence-electron chi connectivity index (χ1n) is 12.2. The van der Waals surface area contributed by atoms with Crippen LogP contribution in [0.2, 0.25) is 0 Å². The first-order chi connectivity index (χ1) is 18.4. The van der Waals surface area contributed by atoms with Gasteiger partial charge in [0.25, 0.3) is 5.91 Å². The van der Waals surface area contributed by atoms with E-state index in [1.54, 1.807) is 40.3 Å². The summed E-state index contributed by atoms with van der Waals surface area (Å²) >= 11 is 1.29. The zero-order valence-electron chi connectivity index (χ0n) is 20.7. The lowest BCUT2D eigenvalue weighted by molar-refractivity contribution is -0.120. The highest BCUT2D eigenvalue weighted by molar-refractivity contribution is 7.11. The van der Waals surface area contributed by atoms with Crippen molar-refractivity contribution in [2.24, 2.45) is 5.92 Å². The number of carbonyl (C=O) groups is 2. The van der Waals surface area contributed by atoms with Crippen LogP contribution in [0.4, 0.5) is 10.1 Å². The monoisotopic (exact) mass is 525 g/mol. The molecule has 2 aromatic heterocycles. The van der Waals surface area contributed by atoms with Crippen LogP contribution < -0.4 is 10.2 Å². The molecular weight excluding hydrogens is 501 g/mol. The minimum atomic E-state index is -0.449. The molecule has 2 amide bonds. The van der Waals surface area contributed by atoms with Crippen LogP contribution in [0.1, 0.15) is 33.9 Å². The number of thiazole rings is 1. The van der Waals surface area contributed by atoms with Gasteiger partial charge in [0.05, 0.1) is 46.6 Å². The largest absolute Gasteiger partial charge is 0.345 e. The van der Waals surface area contributed by atoms with E-state index >= 15 is 0 Å². The Morgan fingerprint density at radius 1 is 1.03 bits per heavy atom. The van der Waals surface area contributed by atoms with Gasteiger partial charge in [0.2, 0.25) is 5.91 Å². The molecule has 6 rings (SSSR count). The quantitative estimate of drug-likeness (QED) is 0.331. The number of aromatic nitrogens is 3. The van der Waals surface area contributed by atoms with Crippen molar-refractivity contribution in [2.75, 3.05) is 4.90 Å². The van der Waals surface area contributed by atoms with Gasteiger partial charge in [0, 0.05) is 11.1 Å². The molecule has 1 fully saturated rings. The number of benzene rings is 3. The van der Waals surface area contributed by atoms with Gasteiger partial charge in [-0.1, -0.05) is 37.3 Å². The summed E-state index contributed by atoms with van der Waals surface area (Å²) < 4.78 is 15.2. The molecule has 1 N–H and O–H groups in total. The molecule has 1 aliphatic heterocycles. The lowest BCUT2D eigenvalue weighted by Crippen LogP contribution is -2.42. The molecule has 5 aromatic rings. The van der Waals surface area contributed by atoms with E-state index in [4.69, 9.17) is 0 Å². The lowest BCUT2D eigenvalue weighted by Gasteiger charge is -2.29. The number of anilines is 1. The van der Waals surface area contributed by atoms with Gasteiger partial charge in [0.15, 0.2) is 0 Å². The zero-order valence-corrected chi connectivity index (χ0v) is 21.5. The Balaban J connectivity index is 1.40. The molecule has 0 radical (unpaired) electrons. The van der Waals surface area contributed by atoms with Gasteiger partial charge in [-0.15, -0.1) is 11.3 Å². The summed E-state index contributed by atoms with van der Waals surface area (Å²) in [6, 6.07) is 20.8. The van der Waals surface area contributed by atoms with E-state index in [-0.39, 0.29) is 17.6 Å². The third-order valence-electron chi connectivity index (χ3n) is 7.08. The van der Waals surface area contributed by atoms with Crippen LogP contribution in [0.15, 0.2) is 84.5 Å². The Morgan fingerprint density at radius 2 is 1.76 bits per heavy atom. The molecule has 38 heavy (non-hydrogen) atoms. The summed E-state index contributed by atoms with van der Waals surface area (Å²) in [6.07, 6.45) is 1.73. The second kappa shape index (κ2) is 9.50. The SMILES string of the molecule is Cc1ncsc1C(=O)N[C@H]1[C@H](C)C(=O)N(c2ccc3c(cnn3-c3ccc(F)cc3)c2)[C@@H]1c1ccccc1. The molecule has 0 bridgehead atoms. The standard InChI is InChI=1S/C29H24FN5O2S/c1-17-25(33-28(36)27-18(2)31-16-38-27)26(19-6-4-3-5-7-19)34(29(17)37)23-12-13-24-20(14-23)15-32-35(24)22-10-8-21(30)9-11-22/h3-17,25-26H,1-2H3,(H,33,36)/t17-,25-,26+/m0/s1. The van der Waals surface area contributed by atoms with E-state index in [1.807, 2.05) is 55.5 Å². The van der Waals surface area contributed by atoms with Crippen molar-refractivity contribution in [1.82, 2.24) is 20.1 Å². The average Bonchev–Trinajstić information content (AvgIpc) is 3.62. The van der Waals surface area contributed by atoms with Crippen molar-refractivity contribution in [2.45, 2.75) is 25.9 Å². The maximum Gasteiger partial charge on any atom is 0.263 e. The molecule has 1 aliphatic rings. The highest BCUT2D eigenvalue weighted by Gasteiger charge is 2.48. The zero-order chi connectivity index (χ0) is 26.4. The normalized spacial score (nSPS) is 19.3. The fourth-order valence-corrected chi connectivity index (χ4v) is 5.84. The van der Waals surface area contributed by atoms with Crippen molar-refractivity contribution in [3.05, 3.63) is 106 Å². The Bertz CT molecular complexity index is 1650. The minimum Gasteiger partial charge on any atom is -0.345 e. The molecule has 3 heterocycles. The lowest BCUT2D eigenvalue weighted by atomic mass is 9.94. The fraction of sp³-hybridized carbons (Fsp3) is 0.172. The highest BCUT2D eigenvalue weighted by Crippen LogP contribution is 2.41. The number of amides is 2. The van der Waals surface area contributed by atoms with Crippen molar-refractivity contribution in [3.63, 3.8) is 0 Å². The van der Waals surface area contributed by atoms with Crippen LogP contribution in [0, 0.1) is 18.7 Å². The van der Waals surface area contributed by atoms with E-state index in [2.05, 4.69) is 15.4 Å². The van der Waals surface area contributed by atoms with E-state index in [0.717, 1.165) is 22.2 Å². The van der Waals surface area contributed by atoms with Crippen molar-refractivity contribution in [1.29, 1.82) is 0 Å². The number of aryl methyl sites for hydroxylation is 1. The van der Waals surface area contributed by atoms with Crippen LogP contribution in [-0.2, 0) is 4.79 Å². The molecular formula is C29H24FN5O2S. The highest BCUT2D eigenvalue weighted by atomic mass is 32.1. The van der Waals surface area contributed by atoms with Gasteiger partial charge in [-0.3, -0.25) is 9.59 Å². The van der Waals surface area contributed by atoms with Gasteiger partial charge in [0.1, 0.15) is 10.7 Å². The van der Waals surface area contributed by atoms with Crippen LogP contribution in [0.5, 0.6) is 0 Å². The number of nitrogens with one attached hydrogen (secondary N) is 1. The second-order valence-corrected chi connectivity index (χ2v) is 10.2. The fourth-order valence-electron chi connectivity index (χ4n) is 5.14. The maximum atomic E-state index is 13.7. The Hall–Kier alpha value is -4.37. The smallest absolute Gasteiger partial charge is 0.263 e. The van der Waals surface area contributed by atoms with Crippen molar-refractivity contribution >= 4 is 39.7 Å². The maximum absolute atomic E-state index is 13.7. The number of hydrogen-bond donors (Lipinski definition) is 1. The number of hydrogen-bond acceptors (Lipinski definition) is 5. The van der Waals surface area contributed by atoms with Crippen molar-refractivity contribution in [3.8, 4) is 5.69 Å². The third kappa shape index (κ3) is 4.05. The molecule has 7 nitrogen and oxygen atoms in total. The predicted octanol–water partition coefficient (Wildman–Crippen LogP) is 5.45. The average molecular weight is 526 g/mol. The molecule has 3 aromatic carbocycles. The molecule has 0 spiro atoms. The molecule has 0 aliphatic carbocycles. The summed E-state index contributed by atoms with van der Waals surface area (Å²) in [6.45, 7) is 3.66. The Kier molecular flexibility index (Phi) is 6.00. The Labute approximate surface area is 222 Å². The molecule has 1 saturated heterocycles. The number of halogens is 1. The summed E-state index contributed by atoms with van der Waals surface area (Å²) in [5.41, 5.74) is 5.54. The third-order valence-corrected chi connectivity index (χ3v) is 8.00. The molecule has 0 saturated carbocycles.